The highest BCUT2D eigenvalue weighted by atomic mass is 35.5. The van der Waals surface area contributed by atoms with Crippen molar-refractivity contribution >= 4 is 35.0 Å². The van der Waals surface area contributed by atoms with Gasteiger partial charge in [0.15, 0.2) is 0 Å². The van der Waals surface area contributed by atoms with E-state index in [2.05, 4.69) is 0 Å². The third-order valence-corrected chi connectivity index (χ3v) is 3.85. The zero-order chi connectivity index (χ0) is 15.3. The lowest BCUT2D eigenvalue weighted by Gasteiger charge is -2.19. The molecule has 0 saturated heterocycles. The number of carbonyl (C=O) groups is 1. The Labute approximate surface area is 125 Å². The van der Waals surface area contributed by atoms with Gasteiger partial charge in [-0.05, 0) is 24.8 Å². The minimum absolute atomic E-state index is 0.0252. The quantitative estimate of drug-likeness (QED) is 0.492. The summed E-state index contributed by atoms with van der Waals surface area (Å²) in [6.45, 7) is 1.86. The van der Waals surface area contributed by atoms with Crippen LogP contribution in [0.5, 0.6) is 0 Å². The van der Waals surface area contributed by atoms with Crippen LogP contribution in [0.25, 0.3) is 0 Å². The number of hydrogen-bond acceptors (Lipinski definition) is 6. The molecule has 1 N–H and O–H groups in total. The van der Waals surface area contributed by atoms with Crippen LogP contribution in [-0.2, 0) is 9.53 Å². The van der Waals surface area contributed by atoms with Crippen molar-refractivity contribution in [2.75, 3.05) is 12.9 Å². The SMILES string of the molecule is CCOC(=O)[C@H](SC)[C@H](O)c1ccc(Cl)c([N+](=O)[O-])c1. The zero-order valence-corrected chi connectivity index (χ0v) is 12.5. The number of hydrogen-bond donors (Lipinski definition) is 1. The van der Waals surface area contributed by atoms with Crippen molar-refractivity contribution in [3.05, 3.63) is 38.9 Å². The van der Waals surface area contributed by atoms with Gasteiger partial charge in [0.2, 0.25) is 0 Å². The van der Waals surface area contributed by atoms with Crippen molar-refractivity contribution in [1.29, 1.82) is 0 Å². The lowest BCUT2D eigenvalue weighted by atomic mass is 10.1. The Bertz CT molecular complexity index is 511. The highest BCUT2D eigenvalue weighted by molar-refractivity contribution is 7.99. The predicted octanol–water partition coefficient (Wildman–Crippen LogP) is 2.58. The van der Waals surface area contributed by atoms with Crippen LogP contribution in [0.2, 0.25) is 5.02 Å². The topological polar surface area (TPSA) is 89.7 Å². The average molecular weight is 320 g/mol. The van der Waals surface area contributed by atoms with E-state index in [0.717, 1.165) is 17.8 Å². The van der Waals surface area contributed by atoms with E-state index >= 15 is 0 Å². The first-order valence-corrected chi connectivity index (χ1v) is 7.40. The molecule has 20 heavy (non-hydrogen) atoms. The van der Waals surface area contributed by atoms with Crippen LogP contribution in [0.15, 0.2) is 18.2 Å². The van der Waals surface area contributed by atoms with Gasteiger partial charge in [-0.25, -0.2) is 0 Å². The smallest absolute Gasteiger partial charge is 0.322 e. The minimum atomic E-state index is -1.21. The molecule has 6 nitrogen and oxygen atoms in total. The monoisotopic (exact) mass is 319 g/mol. The molecule has 0 radical (unpaired) electrons. The molecule has 110 valence electrons. The molecule has 0 aliphatic heterocycles. The van der Waals surface area contributed by atoms with Crippen molar-refractivity contribution < 1.29 is 19.6 Å². The molecule has 1 aromatic rings. The van der Waals surface area contributed by atoms with Crippen LogP contribution in [0.3, 0.4) is 0 Å². The van der Waals surface area contributed by atoms with Crippen LogP contribution >= 0.6 is 23.4 Å². The largest absolute Gasteiger partial charge is 0.465 e. The number of ether oxygens (including phenoxy) is 1. The zero-order valence-electron chi connectivity index (χ0n) is 10.9. The van der Waals surface area contributed by atoms with Crippen molar-refractivity contribution in [1.82, 2.24) is 0 Å². The Morgan fingerprint density at radius 1 is 1.60 bits per heavy atom. The van der Waals surface area contributed by atoms with E-state index in [9.17, 15) is 20.0 Å². The van der Waals surface area contributed by atoms with Gasteiger partial charge in [-0.2, -0.15) is 0 Å². The van der Waals surface area contributed by atoms with Crippen LogP contribution in [0.1, 0.15) is 18.6 Å². The maximum absolute atomic E-state index is 11.7. The summed E-state index contributed by atoms with van der Waals surface area (Å²) in [7, 11) is 0. The fourth-order valence-electron chi connectivity index (χ4n) is 1.61. The fourth-order valence-corrected chi connectivity index (χ4v) is 2.47. The number of thioether (sulfide) groups is 1. The van der Waals surface area contributed by atoms with E-state index in [1.54, 1.807) is 13.2 Å². The van der Waals surface area contributed by atoms with Gasteiger partial charge >= 0.3 is 5.97 Å². The minimum Gasteiger partial charge on any atom is -0.465 e. The third kappa shape index (κ3) is 3.84. The van der Waals surface area contributed by atoms with Crippen LogP contribution < -0.4 is 0 Å². The van der Waals surface area contributed by atoms with E-state index in [1.807, 2.05) is 0 Å². The number of benzene rings is 1. The second kappa shape index (κ2) is 7.47. The van der Waals surface area contributed by atoms with Crippen LogP contribution in [0, 0.1) is 10.1 Å². The van der Waals surface area contributed by atoms with Gasteiger partial charge in [0.05, 0.1) is 11.5 Å². The molecule has 1 aromatic carbocycles. The molecule has 0 heterocycles. The lowest BCUT2D eigenvalue weighted by molar-refractivity contribution is -0.384. The Hall–Kier alpha value is -1.31. The first-order valence-electron chi connectivity index (χ1n) is 5.73. The van der Waals surface area contributed by atoms with Crippen LogP contribution in [-0.4, -0.2) is 34.1 Å². The maximum Gasteiger partial charge on any atom is 0.322 e. The average Bonchev–Trinajstić information content (AvgIpc) is 2.39. The Morgan fingerprint density at radius 3 is 2.75 bits per heavy atom. The van der Waals surface area contributed by atoms with Gasteiger partial charge in [-0.3, -0.25) is 14.9 Å². The molecule has 1 rings (SSSR count). The third-order valence-electron chi connectivity index (χ3n) is 2.57. The van der Waals surface area contributed by atoms with Gasteiger partial charge in [0.1, 0.15) is 16.4 Å². The summed E-state index contributed by atoms with van der Waals surface area (Å²) in [6.07, 6.45) is 0.440. The summed E-state index contributed by atoms with van der Waals surface area (Å²) < 4.78 is 4.86. The molecule has 8 heteroatoms. The summed E-state index contributed by atoms with van der Waals surface area (Å²) in [4.78, 5) is 21.9. The van der Waals surface area contributed by atoms with Crippen molar-refractivity contribution in [3.8, 4) is 0 Å². The Kier molecular flexibility index (Phi) is 6.25. The van der Waals surface area contributed by atoms with Crippen LogP contribution in [0.4, 0.5) is 5.69 Å². The first kappa shape index (κ1) is 16.7. The number of carbonyl (C=O) groups excluding carboxylic acids is 1. The molecule has 0 aromatic heterocycles. The standard InChI is InChI=1S/C12H14ClNO5S/c1-3-19-12(16)11(20-2)10(15)7-4-5-8(13)9(6-7)14(17)18/h4-6,10-11,15H,3H2,1-2H3/t10-,11-/m1/s1. The molecule has 0 aliphatic carbocycles. The molecule has 0 unspecified atom stereocenters. The number of nitrogens with zero attached hydrogens (tertiary/aromatic N) is 1. The van der Waals surface area contributed by atoms with Crippen molar-refractivity contribution in [2.45, 2.75) is 18.3 Å². The number of nitro groups is 1. The molecule has 0 amide bonds. The molecule has 0 aliphatic rings. The predicted molar refractivity (Wildman–Crippen MR) is 77.0 cm³/mol. The molecular formula is C12H14ClNO5S. The summed E-state index contributed by atoms with van der Waals surface area (Å²) in [5.41, 5.74) is -0.0690. The van der Waals surface area contributed by atoms with Crippen molar-refractivity contribution in [3.63, 3.8) is 0 Å². The molecule has 0 saturated carbocycles. The molecular weight excluding hydrogens is 306 g/mol. The molecule has 2 atom stereocenters. The van der Waals surface area contributed by atoms with Gasteiger partial charge in [-0.1, -0.05) is 17.7 Å². The van der Waals surface area contributed by atoms with E-state index in [4.69, 9.17) is 16.3 Å². The number of aliphatic hydroxyl groups excluding tert-OH is 1. The molecule has 0 fully saturated rings. The molecule has 0 spiro atoms. The second-order valence-corrected chi connectivity index (χ2v) is 5.21. The summed E-state index contributed by atoms with van der Waals surface area (Å²) in [6, 6.07) is 3.93. The normalized spacial score (nSPS) is 13.6. The lowest BCUT2D eigenvalue weighted by Crippen LogP contribution is -2.27. The van der Waals surface area contributed by atoms with Gasteiger partial charge in [0, 0.05) is 6.07 Å². The van der Waals surface area contributed by atoms with E-state index in [1.165, 1.54) is 12.1 Å². The molecule has 0 bridgehead atoms. The van der Waals surface area contributed by atoms with E-state index in [-0.39, 0.29) is 22.9 Å². The first-order chi connectivity index (χ1) is 9.42. The van der Waals surface area contributed by atoms with E-state index < -0.39 is 22.2 Å². The summed E-state index contributed by atoms with van der Waals surface area (Å²) in [5, 5.41) is 20.1. The summed E-state index contributed by atoms with van der Waals surface area (Å²) in [5.74, 6) is -0.565. The van der Waals surface area contributed by atoms with Crippen molar-refractivity contribution in [2.24, 2.45) is 0 Å². The Balaban J connectivity index is 3.06. The highest BCUT2D eigenvalue weighted by Crippen LogP contribution is 2.32. The van der Waals surface area contributed by atoms with Gasteiger partial charge < -0.3 is 9.84 Å². The van der Waals surface area contributed by atoms with Gasteiger partial charge in [0.25, 0.3) is 5.69 Å². The number of halogens is 1. The number of esters is 1. The van der Waals surface area contributed by atoms with E-state index in [0.29, 0.717) is 0 Å². The summed E-state index contributed by atoms with van der Waals surface area (Å²) >= 11 is 6.81. The number of nitro benzene ring substituents is 1. The highest BCUT2D eigenvalue weighted by Gasteiger charge is 2.30. The Morgan fingerprint density at radius 2 is 2.25 bits per heavy atom. The second-order valence-electron chi connectivity index (χ2n) is 3.82. The fraction of sp³-hybridized carbons (Fsp3) is 0.417. The van der Waals surface area contributed by atoms with Gasteiger partial charge in [-0.15, -0.1) is 11.8 Å². The maximum atomic E-state index is 11.7. The number of aliphatic hydroxyl groups is 1. The number of rotatable bonds is 6.